The number of aliphatic carboxylic acids is 1. The van der Waals surface area contributed by atoms with Crippen molar-refractivity contribution in [3.8, 4) is 11.3 Å². The van der Waals surface area contributed by atoms with E-state index in [2.05, 4.69) is 9.97 Å². The van der Waals surface area contributed by atoms with Crippen molar-refractivity contribution in [3.63, 3.8) is 0 Å². The fourth-order valence-electron chi connectivity index (χ4n) is 2.50. The number of pyridine rings is 1. The van der Waals surface area contributed by atoms with Crippen LogP contribution < -0.4 is 10.6 Å². The van der Waals surface area contributed by atoms with Gasteiger partial charge in [-0.15, -0.1) is 0 Å². The second kappa shape index (κ2) is 6.41. The van der Waals surface area contributed by atoms with Crippen LogP contribution in [0.1, 0.15) is 6.42 Å². The number of hydrogen-bond acceptors (Lipinski definition) is 3. The highest BCUT2D eigenvalue weighted by Crippen LogP contribution is 2.26. The van der Waals surface area contributed by atoms with Gasteiger partial charge in [-0.25, -0.2) is 9.78 Å². The summed E-state index contributed by atoms with van der Waals surface area (Å²) in [5.74, 6) is -0.997. The molecule has 0 aliphatic carbocycles. The average molecular weight is 324 g/mol. The number of nitrogens with zero attached hydrogens (tertiary/aromatic N) is 2. The summed E-state index contributed by atoms with van der Waals surface area (Å²) in [4.78, 5) is 31.1. The number of carboxylic acids is 1. The molecule has 2 aromatic heterocycles. The van der Waals surface area contributed by atoms with Crippen LogP contribution in [0, 0.1) is 0 Å². The zero-order valence-corrected chi connectivity index (χ0v) is 12.8. The minimum Gasteiger partial charge on any atom is -0.481 e. The fourth-order valence-corrected chi connectivity index (χ4v) is 2.50. The SMILES string of the molecule is NC(=O)N(CCC(=O)O)c1cnc2[nH]c(-c3ccccc3)cc2c1. The van der Waals surface area contributed by atoms with Gasteiger partial charge in [0, 0.05) is 17.6 Å². The molecule has 0 bridgehead atoms. The van der Waals surface area contributed by atoms with Crippen molar-refractivity contribution in [2.24, 2.45) is 5.73 Å². The summed E-state index contributed by atoms with van der Waals surface area (Å²) >= 11 is 0. The van der Waals surface area contributed by atoms with Crippen LogP contribution in [0.25, 0.3) is 22.3 Å². The molecule has 0 spiro atoms. The normalized spacial score (nSPS) is 10.7. The van der Waals surface area contributed by atoms with Crippen LogP contribution in [0.2, 0.25) is 0 Å². The van der Waals surface area contributed by atoms with Gasteiger partial charge in [0.25, 0.3) is 0 Å². The van der Waals surface area contributed by atoms with Gasteiger partial charge in [0.1, 0.15) is 5.65 Å². The van der Waals surface area contributed by atoms with E-state index in [1.54, 1.807) is 6.07 Å². The summed E-state index contributed by atoms with van der Waals surface area (Å²) < 4.78 is 0. The van der Waals surface area contributed by atoms with E-state index in [0.717, 1.165) is 16.6 Å². The zero-order chi connectivity index (χ0) is 17.1. The third-order valence-electron chi connectivity index (χ3n) is 3.67. The molecule has 0 unspecified atom stereocenters. The number of nitrogens with one attached hydrogen (secondary N) is 1. The first kappa shape index (κ1) is 15.5. The van der Waals surface area contributed by atoms with Crippen LogP contribution in [0.4, 0.5) is 10.5 Å². The lowest BCUT2D eigenvalue weighted by molar-refractivity contribution is -0.136. The molecule has 0 saturated heterocycles. The summed E-state index contributed by atoms with van der Waals surface area (Å²) in [6.45, 7) is -0.00613. The van der Waals surface area contributed by atoms with Crippen molar-refractivity contribution < 1.29 is 14.7 Å². The molecular formula is C17H16N4O3. The Hall–Kier alpha value is -3.35. The number of aromatic nitrogens is 2. The van der Waals surface area contributed by atoms with Gasteiger partial charge in [0.05, 0.1) is 18.3 Å². The van der Waals surface area contributed by atoms with E-state index in [9.17, 15) is 9.59 Å². The highest BCUT2D eigenvalue weighted by atomic mass is 16.4. The summed E-state index contributed by atoms with van der Waals surface area (Å²) in [6, 6.07) is 12.8. The number of anilines is 1. The number of benzene rings is 1. The number of urea groups is 1. The second-order valence-corrected chi connectivity index (χ2v) is 5.31. The number of H-pyrrole nitrogens is 1. The van der Waals surface area contributed by atoms with Gasteiger partial charge in [0.15, 0.2) is 0 Å². The molecule has 0 aliphatic heterocycles. The van der Waals surface area contributed by atoms with Gasteiger partial charge in [-0.1, -0.05) is 30.3 Å². The summed E-state index contributed by atoms with van der Waals surface area (Å²) in [7, 11) is 0. The number of rotatable bonds is 5. The third-order valence-corrected chi connectivity index (χ3v) is 3.67. The Balaban J connectivity index is 1.95. The Morgan fingerprint density at radius 1 is 1.21 bits per heavy atom. The van der Waals surface area contributed by atoms with E-state index in [1.165, 1.54) is 11.1 Å². The van der Waals surface area contributed by atoms with Gasteiger partial charge >= 0.3 is 12.0 Å². The molecule has 0 saturated carbocycles. The van der Waals surface area contributed by atoms with E-state index in [1.807, 2.05) is 36.4 Å². The van der Waals surface area contributed by atoms with Crippen molar-refractivity contribution in [2.75, 3.05) is 11.4 Å². The van der Waals surface area contributed by atoms with Crippen LogP contribution in [0.5, 0.6) is 0 Å². The van der Waals surface area contributed by atoms with Crippen LogP contribution >= 0.6 is 0 Å². The smallest absolute Gasteiger partial charge is 0.319 e. The maximum absolute atomic E-state index is 11.6. The van der Waals surface area contributed by atoms with E-state index >= 15 is 0 Å². The van der Waals surface area contributed by atoms with Crippen molar-refractivity contribution in [3.05, 3.63) is 48.7 Å². The lowest BCUT2D eigenvalue weighted by atomic mass is 10.1. The molecule has 0 radical (unpaired) electrons. The van der Waals surface area contributed by atoms with E-state index in [0.29, 0.717) is 11.3 Å². The Labute approximate surface area is 137 Å². The van der Waals surface area contributed by atoms with Gasteiger partial charge in [-0.2, -0.15) is 0 Å². The lowest BCUT2D eigenvalue weighted by Crippen LogP contribution is -2.37. The topological polar surface area (TPSA) is 112 Å². The van der Waals surface area contributed by atoms with Gasteiger partial charge in [-0.05, 0) is 17.7 Å². The molecule has 3 rings (SSSR count). The molecule has 0 fully saturated rings. The number of aromatic amines is 1. The molecular weight excluding hydrogens is 308 g/mol. The number of carbonyl (C=O) groups excluding carboxylic acids is 1. The quantitative estimate of drug-likeness (QED) is 0.669. The summed E-state index contributed by atoms with van der Waals surface area (Å²) in [5.41, 5.74) is 8.43. The first-order valence-electron chi connectivity index (χ1n) is 7.37. The molecule has 0 atom stereocenters. The Kier molecular flexibility index (Phi) is 4.15. The highest BCUT2D eigenvalue weighted by Gasteiger charge is 2.15. The number of fused-ring (bicyclic) bond motifs is 1. The van der Waals surface area contributed by atoms with Crippen LogP contribution in [0.15, 0.2) is 48.7 Å². The first-order chi connectivity index (χ1) is 11.5. The zero-order valence-electron chi connectivity index (χ0n) is 12.8. The Bertz CT molecular complexity index is 889. The Morgan fingerprint density at radius 2 is 1.96 bits per heavy atom. The maximum atomic E-state index is 11.6. The van der Waals surface area contributed by atoms with E-state index in [-0.39, 0.29) is 13.0 Å². The molecule has 4 N–H and O–H groups in total. The largest absolute Gasteiger partial charge is 0.481 e. The van der Waals surface area contributed by atoms with E-state index in [4.69, 9.17) is 10.8 Å². The monoisotopic (exact) mass is 324 g/mol. The van der Waals surface area contributed by atoms with E-state index < -0.39 is 12.0 Å². The average Bonchev–Trinajstić information content (AvgIpc) is 2.98. The predicted octanol–water partition coefficient (Wildman–Crippen LogP) is 2.59. The number of hydrogen-bond donors (Lipinski definition) is 3. The number of carboxylic acid groups (broad SMARTS) is 1. The van der Waals surface area contributed by atoms with Crippen LogP contribution in [0.3, 0.4) is 0 Å². The molecule has 7 nitrogen and oxygen atoms in total. The number of primary amides is 1. The lowest BCUT2D eigenvalue weighted by Gasteiger charge is -2.19. The molecule has 24 heavy (non-hydrogen) atoms. The predicted molar refractivity (Wildman–Crippen MR) is 90.7 cm³/mol. The molecule has 3 aromatic rings. The Morgan fingerprint density at radius 3 is 2.62 bits per heavy atom. The molecule has 7 heteroatoms. The summed E-state index contributed by atoms with van der Waals surface area (Å²) in [5, 5.41) is 9.61. The first-order valence-corrected chi connectivity index (χ1v) is 7.37. The van der Waals surface area contributed by atoms with Gasteiger partial charge < -0.3 is 15.8 Å². The molecule has 2 amide bonds. The van der Waals surface area contributed by atoms with Crippen molar-refractivity contribution in [1.29, 1.82) is 0 Å². The van der Waals surface area contributed by atoms with Gasteiger partial charge in [0.2, 0.25) is 0 Å². The molecule has 1 aromatic carbocycles. The van der Waals surface area contributed by atoms with Gasteiger partial charge in [-0.3, -0.25) is 9.69 Å². The molecule has 0 aliphatic rings. The standard InChI is InChI=1S/C17H16N4O3/c18-17(24)21(7-6-15(22)23)13-8-12-9-14(20-16(12)19-10-13)11-4-2-1-3-5-11/h1-5,8-10H,6-7H2,(H2,18,24)(H,19,20)(H,22,23). The van der Waals surface area contributed by atoms with Crippen molar-refractivity contribution in [2.45, 2.75) is 6.42 Å². The number of amides is 2. The van der Waals surface area contributed by atoms with Crippen LogP contribution in [-0.2, 0) is 4.79 Å². The maximum Gasteiger partial charge on any atom is 0.319 e. The van der Waals surface area contributed by atoms with Crippen molar-refractivity contribution in [1.82, 2.24) is 9.97 Å². The second-order valence-electron chi connectivity index (χ2n) is 5.31. The van der Waals surface area contributed by atoms with Crippen LogP contribution in [-0.4, -0.2) is 33.6 Å². The fraction of sp³-hybridized carbons (Fsp3) is 0.118. The third kappa shape index (κ3) is 3.19. The summed E-state index contributed by atoms with van der Waals surface area (Å²) in [6.07, 6.45) is 1.31. The number of nitrogens with two attached hydrogens (primary N) is 1. The highest BCUT2D eigenvalue weighted by molar-refractivity contribution is 5.94. The minimum absolute atomic E-state index is 0.00613. The molecule has 2 heterocycles. The number of carbonyl (C=O) groups is 2. The minimum atomic E-state index is -0.997. The van der Waals surface area contributed by atoms with Crippen molar-refractivity contribution >= 4 is 28.7 Å². The molecule has 122 valence electrons.